The van der Waals surface area contributed by atoms with Gasteiger partial charge in [0.25, 0.3) is 10.0 Å². The predicted molar refractivity (Wildman–Crippen MR) is 91.2 cm³/mol. The predicted octanol–water partition coefficient (Wildman–Crippen LogP) is 2.87. The summed E-state index contributed by atoms with van der Waals surface area (Å²) in [6.07, 6.45) is 3.07. The quantitative estimate of drug-likeness (QED) is 0.482. The zero-order chi connectivity index (χ0) is 16.7. The largest absolute Gasteiger partial charge is 0.490 e. The van der Waals surface area contributed by atoms with Crippen molar-refractivity contribution < 1.29 is 13.2 Å². The van der Waals surface area contributed by atoms with Gasteiger partial charge in [0.05, 0.1) is 11.1 Å². The molecule has 0 fully saturated rings. The van der Waals surface area contributed by atoms with Crippen LogP contribution in [0.3, 0.4) is 0 Å². The van der Waals surface area contributed by atoms with E-state index in [0.717, 1.165) is 11.1 Å². The van der Waals surface area contributed by atoms with Crippen LogP contribution in [0.1, 0.15) is 11.1 Å². The minimum Gasteiger partial charge on any atom is -0.490 e. The summed E-state index contributed by atoms with van der Waals surface area (Å²) >= 11 is 0. The Bertz CT molecular complexity index is 797. The number of hydrazone groups is 1. The van der Waals surface area contributed by atoms with E-state index in [1.807, 2.05) is 6.92 Å². The number of rotatable bonds is 7. The molecule has 0 heterocycles. The van der Waals surface area contributed by atoms with Crippen molar-refractivity contribution >= 4 is 16.2 Å². The molecule has 0 saturated heterocycles. The van der Waals surface area contributed by atoms with Crippen molar-refractivity contribution in [1.82, 2.24) is 4.83 Å². The summed E-state index contributed by atoms with van der Waals surface area (Å²) in [7, 11) is -3.66. The molecule has 0 aliphatic rings. The van der Waals surface area contributed by atoms with E-state index in [4.69, 9.17) is 4.74 Å². The Labute approximate surface area is 136 Å². The lowest BCUT2D eigenvalue weighted by Gasteiger charge is -2.04. The molecule has 0 aliphatic carbocycles. The van der Waals surface area contributed by atoms with Crippen LogP contribution < -0.4 is 9.57 Å². The molecule has 0 spiro atoms. The molecule has 23 heavy (non-hydrogen) atoms. The van der Waals surface area contributed by atoms with E-state index < -0.39 is 10.0 Å². The molecule has 0 bridgehead atoms. The third-order valence-electron chi connectivity index (χ3n) is 2.94. The molecule has 1 N–H and O–H groups in total. The summed E-state index contributed by atoms with van der Waals surface area (Å²) in [6, 6.07) is 13.7. The van der Waals surface area contributed by atoms with Gasteiger partial charge in [0.2, 0.25) is 0 Å². The Morgan fingerprint density at radius 1 is 1.22 bits per heavy atom. The lowest BCUT2D eigenvalue weighted by Crippen LogP contribution is -2.18. The van der Waals surface area contributed by atoms with Gasteiger partial charge in [-0.05, 0) is 36.8 Å². The highest BCUT2D eigenvalue weighted by molar-refractivity contribution is 7.89. The minimum atomic E-state index is -3.66. The van der Waals surface area contributed by atoms with Crippen molar-refractivity contribution in [3.05, 3.63) is 72.3 Å². The monoisotopic (exact) mass is 330 g/mol. The van der Waals surface area contributed by atoms with Gasteiger partial charge in [-0.1, -0.05) is 42.5 Å². The van der Waals surface area contributed by atoms with E-state index in [0.29, 0.717) is 12.4 Å². The van der Waals surface area contributed by atoms with Gasteiger partial charge >= 0.3 is 0 Å². The second-order valence-electron chi connectivity index (χ2n) is 4.84. The molecule has 0 aliphatic heterocycles. The molecular weight excluding hydrogens is 312 g/mol. The van der Waals surface area contributed by atoms with Crippen molar-refractivity contribution in [2.24, 2.45) is 5.10 Å². The number of hydrogen-bond donors (Lipinski definition) is 1. The topological polar surface area (TPSA) is 67.8 Å². The van der Waals surface area contributed by atoms with Crippen LogP contribution in [-0.4, -0.2) is 21.2 Å². The SMILES string of the molecule is C=CCOc1cccc(C=NNS(=O)(=O)c2ccc(C)cc2)c1. The molecule has 2 aromatic rings. The number of nitrogens with one attached hydrogen (secondary N) is 1. The van der Waals surface area contributed by atoms with Crippen molar-refractivity contribution in [3.8, 4) is 5.75 Å². The summed E-state index contributed by atoms with van der Waals surface area (Å²) < 4.78 is 29.6. The van der Waals surface area contributed by atoms with E-state index >= 15 is 0 Å². The fourth-order valence-corrected chi connectivity index (χ4v) is 2.57. The van der Waals surface area contributed by atoms with Crippen LogP contribution in [0.2, 0.25) is 0 Å². The van der Waals surface area contributed by atoms with Crippen molar-refractivity contribution in [3.63, 3.8) is 0 Å². The molecule has 6 heteroatoms. The van der Waals surface area contributed by atoms with Crippen LogP contribution in [-0.2, 0) is 10.0 Å². The van der Waals surface area contributed by atoms with Crippen LogP contribution in [0.5, 0.6) is 5.75 Å². The Balaban J connectivity index is 2.06. The van der Waals surface area contributed by atoms with Crippen LogP contribution in [0, 0.1) is 6.92 Å². The zero-order valence-electron chi connectivity index (χ0n) is 12.8. The maximum atomic E-state index is 12.1. The summed E-state index contributed by atoms with van der Waals surface area (Å²) in [5, 5.41) is 3.79. The fraction of sp³-hybridized carbons (Fsp3) is 0.118. The summed E-state index contributed by atoms with van der Waals surface area (Å²) in [6.45, 7) is 5.88. The van der Waals surface area contributed by atoms with E-state index in [-0.39, 0.29) is 4.90 Å². The summed E-state index contributed by atoms with van der Waals surface area (Å²) in [5.74, 6) is 0.662. The van der Waals surface area contributed by atoms with Gasteiger partial charge < -0.3 is 4.74 Å². The van der Waals surface area contributed by atoms with Gasteiger partial charge in [-0.15, -0.1) is 0 Å². The maximum absolute atomic E-state index is 12.1. The summed E-state index contributed by atoms with van der Waals surface area (Å²) in [5.41, 5.74) is 1.71. The van der Waals surface area contributed by atoms with E-state index in [1.165, 1.54) is 18.3 Å². The molecule has 0 unspecified atom stereocenters. The van der Waals surface area contributed by atoms with Crippen LogP contribution in [0.25, 0.3) is 0 Å². The van der Waals surface area contributed by atoms with E-state index in [2.05, 4.69) is 16.5 Å². The third-order valence-corrected chi connectivity index (χ3v) is 4.18. The second-order valence-corrected chi connectivity index (χ2v) is 6.50. The smallest absolute Gasteiger partial charge is 0.276 e. The number of nitrogens with zero attached hydrogens (tertiary/aromatic N) is 1. The highest BCUT2D eigenvalue weighted by Crippen LogP contribution is 2.12. The lowest BCUT2D eigenvalue weighted by molar-refractivity contribution is 0.363. The maximum Gasteiger partial charge on any atom is 0.276 e. The number of hydrogen-bond acceptors (Lipinski definition) is 4. The molecule has 120 valence electrons. The number of benzene rings is 2. The fourth-order valence-electron chi connectivity index (χ4n) is 1.78. The van der Waals surface area contributed by atoms with Crippen LogP contribution in [0.15, 0.2) is 71.2 Å². The highest BCUT2D eigenvalue weighted by Gasteiger charge is 2.11. The lowest BCUT2D eigenvalue weighted by atomic mass is 10.2. The van der Waals surface area contributed by atoms with Crippen molar-refractivity contribution in [2.45, 2.75) is 11.8 Å². The first-order valence-corrected chi connectivity index (χ1v) is 8.45. The summed E-state index contributed by atoms with van der Waals surface area (Å²) in [4.78, 5) is 2.36. The first-order valence-electron chi connectivity index (χ1n) is 6.96. The van der Waals surface area contributed by atoms with E-state index in [9.17, 15) is 8.42 Å². The van der Waals surface area contributed by atoms with Gasteiger partial charge in [0, 0.05) is 0 Å². The molecule has 0 radical (unpaired) electrons. The van der Waals surface area contributed by atoms with Gasteiger partial charge in [-0.25, -0.2) is 4.83 Å². The normalized spacial score (nSPS) is 11.3. The van der Waals surface area contributed by atoms with E-state index in [1.54, 1.807) is 42.5 Å². The van der Waals surface area contributed by atoms with Crippen LogP contribution in [0.4, 0.5) is 0 Å². The highest BCUT2D eigenvalue weighted by atomic mass is 32.2. The van der Waals surface area contributed by atoms with Gasteiger partial charge in [-0.2, -0.15) is 13.5 Å². The molecule has 2 aromatic carbocycles. The first-order chi connectivity index (χ1) is 11.0. The third kappa shape index (κ3) is 4.96. The van der Waals surface area contributed by atoms with Crippen molar-refractivity contribution in [1.29, 1.82) is 0 Å². The Kier molecular flexibility index (Phi) is 5.54. The Morgan fingerprint density at radius 3 is 2.65 bits per heavy atom. The van der Waals surface area contributed by atoms with Crippen molar-refractivity contribution in [2.75, 3.05) is 6.61 Å². The number of ether oxygens (including phenoxy) is 1. The van der Waals surface area contributed by atoms with Gasteiger partial charge in [0.1, 0.15) is 12.4 Å². The minimum absolute atomic E-state index is 0.170. The Morgan fingerprint density at radius 2 is 1.96 bits per heavy atom. The zero-order valence-corrected chi connectivity index (χ0v) is 13.6. The standard InChI is InChI=1S/C17H18N2O3S/c1-3-11-22-16-6-4-5-15(12-16)13-18-19-23(20,21)17-9-7-14(2)8-10-17/h3-10,12-13,19H,1,11H2,2H3. The van der Waals surface area contributed by atoms with Gasteiger partial charge in [0.15, 0.2) is 0 Å². The molecule has 0 aromatic heterocycles. The first kappa shape index (κ1) is 16.8. The molecule has 0 atom stereocenters. The Hall–Kier alpha value is -2.60. The number of sulfonamides is 1. The van der Waals surface area contributed by atoms with Gasteiger partial charge in [-0.3, -0.25) is 0 Å². The second kappa shape index (κ2) is 7.60. The molecule has 2 rings (SSSR count). The average Bonchev–Trinajstić information content (AvgIpc) is 2.53. The molecule has 5 nitrogen and oxygen atoms in total. The molecule has 0 amide bonds. The average molecular weight is 330 g/mol. The molecular formula is C17H18N2O3S. The van der Waals surface area contributed by atoms with Crippen LogP contribution >= 0.6 is 0 Å². The molecule has 0 saturated carbocycles. The number of aryl methyl sites for hydroxylation is 1.